The van der Waals surface area contributed by atoms with Gasteiger partial charge in [0.1, 0.15) is 5.82 Å². The third-order valence-corrected chi connectivity index (χ3v) is 2.22. The lowest BCUT2D eigenvalue weighted by Crippen LogP contribution is -1.89. The summed E-state index contributed by atoms with van der Waals surface area (Å²) in [5.74, 6) is 1.28. The average molecular weight is 180 g/mol. The fourth-order valence-corrected chi connectivity index (χ4v) is 1.70. The standard InChI is InChI=1S/C9H8N2.CH4.FH/c1-3-8-7-10-5-2-4-9(10)11(8)6-1;;/h1-6H,7H2;1H4;1H. The van der Waals surface area contributed by atoms with Gasteiger partial charge in [-0.25, -0.2) is 0 Å². The molecule has 0 aromatic carbocycles. The first-order chi connectivity index (χ1) is 5.45. The molecule has 0 saturated carbocycles. The van der Waals surface area contributed by atoms with Crippen LogP contribution >= 0.6 is 0 Å². The van der Waals surface area contributed by atoms with Crippen molar-refractivity contribution in [1.82, 2.24) is 9.13 Å². The van der Waals surface area contributed by atoms with Crippen molar-refractivity contribution in [1.29, 1.82) is 0 Å². The molecule has 2 aromatic heterocycles. The highest BCUT2D eigenvalue weighted by Crippen LogP contribution is 2.21. The predicted octanol–water partition coefficient (Wildman–Crippen LogP) is 2.43. The summed E-state index contributed by atoms with van der Waals surface area (Å²) in [7, 11) is 0. The predicted molar refractivity (Wildman–Crippen MR) is 52.1 cm³/mol. The molecule has 3 heteroatoms. The van der Waals surface area contributed by atoms with Crippen molar-refractivity contribution >= 4 is 0 Å². The Morgan fingerprint density at radius 3 is 2.69 bits per heavy atom. The van der Waals surface area contributed by atoms with E-state index in [-0.39, 0.29) is 12.1 Å². The van der Waals surface area contributed by atoms with Gasteiger partial charge in [-0.1, -0.05) is 7.43 Å². The summed E-state index contributed by atoms with van der Waals surface area (Å²) in [4.78, 5) is 0. The second-order valence-corrected chi connectivity index (χ2v) is 2.86. The van der Waals surface area contributed by atoms with Crippen LogP contribution in [0.3, 0.4) is 0 Å². The van der Waals surface area contributed by atoms with E-state index in [0.29, 0.717) is 0 Å². The van der Waals surface area contributed by atoms with Crippen LogP contribution in [0.15, 0.2) is 36.7 Å². The fourth-order valence-electron chi connectivity index (χ4n) is 1.70. The van der Waals surface area contributed by atoms with Crippen molar-refractivity contribution in [3.05, 3.63) is 42.4 Å². The first-order valence-electron chi connectivity index (χ1n) is 3.77. The Labute approximate surface area is 76.8 Å². The minimum Gasteiger partial charge on any atom is -0.328 e. The topological polar surface area (TPSA) is 9.86 Å². The van der Waals surface area contributed by atoms with Crippen LogP contribution in [0.5, 0.6) is 0 Å². The van der Waals surface area contributed by atoms with Crippen molar-refractivity contribution in [2.75, 3.05) is 0 Å². The van der Waals surface area contributed by atoms with Crippen LogP contribution in [0.2, 0.25) is 0 Å². The van der Waals surface area contributed by atoms with Gasteiger partial charge >= 0.3 is 0 Å². The van der Waals surface area contributed by atoms with Gasteiger partial charge in [0.2, 0.25) is 0 Å². The fraction of sp³-hybridized carbons (Fsp3) is 0.200. The second-order valence-electron chi connectivity index (χ2n) is 2.86. The first kappa shape index (κ1) is 9.58. The lowest BCUT2D eigenvalue weighted by atomic mass is 10.4. The van der Waals surface area contributed by atoms with Gasteiger partial charge in [-0.3, -0.25) is 4.70 Å². The van der Waals surface area contributed by atoms with Crippen molar-refractivity contribution in [3.63, 3.8) is 0 Å². The highest BCUT2D eigenvalue weighted by atomic mass is 19.0. The molecule has 2 aromatic rings. The van der Waals surface area contributed by atoms with Crippen molar-refractivity contribution in [2.45, 2.75) is 14.0 Å². The zero-order valence-electron chi connectivity index (χ0n) is 6.47. The van der Waals surface area contributed by atoms with E-state index in [2.05, 4.69) is 45.8 Å². The lowest BCUT2D eigenvalue weighted by molar-refractivity contribution is 0.853. The Morgan fingerprint density at radius 2 is 1.85 bits per heavy atom. The second kappa shape index (κ2) is 3.09. The minimum absolute atomic E-state index is 0. The quantitative estimate of drug-likeness (QED) is 0.503. The van der Waals surface area contributed by atoms with Crippen LogP contribution < -0.4 is 0 Å². The van der Waals surface area contributed by atoms with Crippen LogP contribution in [-0.4, -0.2) is 9.13 Å². The van der Waals surface area contributed by atoms with Crippen LogP contribution in [0.1, 0.15) is 13.1 Å². The minimum atomic E-state index is 0. The van der Waals surface area contributed by atoms with Gasteiger partial charge < -0.3 is 9.13 Å². The van der Waals surface area contributed by atoms with Crippen molar-refractivity contribution < 1.29 is 4.70 Å². The molecule has 0 fully saturated rings. The molecule has 1 aliphatic heterocycles. The molecule has 0 saturated heterocycles. The molecule has 0 radical (unpaired) electrons. The van der Waals surface area contributed by atoms with Crippen molar-refractivity contribution in [3.8, 4) is 5.82 Å². The number of hydrogen-bond acceptors (Lipinski definition) is 0. The van der Waals surface area contributed by atoms with E-state index in [1.165, 1.54) is 11.5 Å². The van der Waals surface area contributed by atoms with Crippen LogP contribution in [-0.2, 0) is 6.54 Å². The molecule has 0 atom stereocenters. The van der Waals surface area contributed by atoms with E-state index in [9.17, 15) is 0 Å². The van der Waals surface area contributed by atoms with Crippen molar-refractivity contribution in [2.24, 2.45) is 0 Å². The zero-order chi connectivity index (χ0) is 7.26. The molecule has 1 aliphatic rings. The van der Waals surface area contributed by atoms with Gasteiger partial charge in [-0.05, 0) is 24.3 Å². The molecule has 0 N–H and O–H groups in total. The van der Waals surface area contributed by atoms with Gasteiger partial charge in [0.05, 0.1) is 6.54 Å². The van der Waals surface area contributed by atoms with Gasteiger partial charge in [-0.2, -0.15) is 0 Å². The summed E-state index contributed by atoms with van der Waals surface area (Å²) < 4.78 is 4.47. The molecule has 0 bridgehead atoms. The summed E-state index contributed by atoms with van der Waals surface area (Å²) in [5.41, 5.74) is 1.38. The maximum Gasteiger partial charge on any atom is 0.117 e. The highest BCUT2D eigenvalue weighted by Gasteiger charge is 2.14. The van der Waals surface area contributed by atoms with Crippen LogP contribution in [0.4, 0.5) is 4.70 Å². The third-order valence-electron chi connectivity index (χ3n) is 2.22. The number of rotatable bonds is 0. The molecular formula is C10H13FN2. The largest absolute Gasteiger partial charge is 0.328 e. The van der Waals surface area contributed by atoms with E-state index in [1.807, 2.05) is 0 Å². The molecule has 3 rings (SSSR count). The number of fused-ring (bicyclic) bond motifs is 3. The number of hydrogen-bond donors (Lipinski definition) is 0. The number of aromatic nitrogens is 2. The summed E-state index contributed by atoms with van der Waals surface area (Å²) >= 11 is 0. The molecule has 3 heterocycles. The van der Waals surface area contributed by atoms with Crippen LogP contribution in [0.25, 0.3) is 5.82 Å². The van der Waals surface area contributed by atoms with Gasteiger partial charge in [0.15, 0.2) is 0 Å². The van der Waals surface area contributed by atoms with Crippen LogP contribution in [0, 0.1) is 0 Å². The number of halogens is 1. The summed E-state index contributed by atoms with van der Waals surface area (Å²) in [6.45, 7) is 1.02. The van der Waals surface area contributed by atoms with E-state index >= 15 is 0 Å². The molecule has 0 spiro atoms. The first-order valence-corrected chi connectivity index (χ1v) is 3.77. The summed E-state index contributed by atoms with van der Waals surface area (Å²) in [6.07, 6.45) is 4.22. The molecule has 0 unspecified atom stereocenters. The summed E-state index contributed by atoms with van der Waals surface area (Å²) in [6, 6.07) is 8.47. The van der Waals surface area contributed by atoms with E-state index in [1.54, 1.807) is 0 Å². The normalized spacial score (nSPS) is 11.1. The van der Waals surface area contributed by atoms with E-state index < -0.39 is 0 Å². The van der Waals surface area contributed by atoms with Gasteiger partial charge in [-0.15, -0.1) is 0 Å². The monoisotopic (exact) mass is 180 g/mol. The Morgan fingerprint density at radius 1 is 1.08 bits per heavy atom. The maximum atomic E-state index is 2.25. The molecule has 70 valence electrons. The van der Waals surface area contributed by atoms with Gasteiger partial charge in [0.25, 0.3) is 0 Å². The molecule has 2 nitrogen and oxygen atoms in total. The van der Waals surface area contributed by atoms with Gasteiger partial charge in [0, 0.05) is 18.1 Å². The lowest BCUT2D eigenvalue weighted by Gasteiger charge is -1.94. The zero-order valence-corrected chi connectivity index (χ0v) is 6.47. The Kier molecular flexibility index (Phi) is 2.28. The smallest absolute Gasteiger partial charge is 0.117 e. The van der Waals surface area contributed by atoms with E-state index in [4.69, 9.17) is 0 Å². The summed E-state index contributed by atoms with van der Waals surface area (Å²) in [5, 5.41) is 0. The Bertz CT molecular complexity index is 362. The number of nitrogens with zero attached hydrogens (tertiary/aromatic N) is 2. The van der Waals surface area contributed by atoms with E-state index in [0.717, 1.165) is 6.54 Å². The maximum absolute atomic E-state index is 2.25. The molecule has 13 heavy (non-hydrogen) atoms. The Hall–Kier alpha value is -1.51. The average Bonchev–Trinajstić information content (AvgIpc) is 2.52. The highest BCUT2D eigenvalue weighted by molar-refractivity contribution is 5.35. The SMILES string of the molecule is C.F.c1cc2n(c1)Cc1cccn1-2. The molecule has 0 amide bonds. The molecule has 0 aliphatic carbocycles. The third kappa shape index (κ3) is 1.08. The molecular weight excluding hydrogens is 167 g/mol. The Balaban J connectivity index is 0.000000422.